The minimum Gasteiger partial charge on any atom is -0.322 e. The van der Waals surface area contributed by atoms with E-state index in [-0.39, 0.29) is 16.7 Å². The number of hydrogen-bond acceptors (Lipinski definition) is 3. The van der Waals surface area contributed by atoms with Gasteiger partial charge < -0.3 is 5.73 Å². The highest BCUT2D eigenvalue weighted by molar-refractivity contribution is 9.10. The van der Waals surface area contributed by atoms with Gasteiger partial charge in [-0.3, -0.25) is 13.9 Å². The van der Waals surface area contributed by atoms with Crippen molar-refractivity contribution in [2.24, 2.45) is 5.73 Å². The molecule has 0 aliphatic heterocycles. The van der Waals surface area contributed by atoms with Crippen LogP contribution in [0.5, 0.6) is 0 Å². The second-order valence-corrected chi connectivity index (χ2v) is 7.76. The summed E-state index contributed by atoms with van der Waals surface area (Å²) in [4.78, 5) is 25.7. The number of nitrogens with zero attached hydrogens (tertiary/aromatic N) is 2. The van der Waals surface area contributed by atoms with Crippen LogP contribution in [0.3, 0.4) is 0 Å². The highest BCUT2D eigenvalue weighted by Crippen LogP contribution is 2.33. The van der Waals surface area contributed by atoms with Gasteiger partial charge in [0.2, 0.25) is 0 Å². The number of aromatic nitrogens is 2. The van der Waals surface area contributed by atoms with E-state index in [1.54, 1.807) is 30.3 Å². The lowest BCUT2D eigenvalue weighted by Crippen LogP contribution is -2.44. The van der Waals surface area contributed by atoms with Gasteiger partial charge in [-0.1, -0.05) is 36.4 Å². The van der Waals surface area contributed by atoms with Gasteiger partial charge >= 0.3 is 11.9 Å². The molecule has 1 atom stereocenters. The van der Waals surface area contributed by atoms with E-state index in [1.165, 1.54) is 6.92 Å². The molecule has 2 N–H and O–H groups in total. The van der Waals surface area contributed by atoms with E-state index in [0.29, 0.717) is 5.56 Å². The van der Waals surface area contributed by atoms with E-state index in [4.69, 9.17) is 5.73 Å². The van der Waals surface area contributed by atoms with Gasteiger partial charge in [-0.2, -0.15) is 13.2 Å². The number of hydrogen-bond donors (Lipinski definition) is 1. The third-order valence-corrected chi connectivity index (χ3v) is 5.88. The van der Waals surface area contributed by atoms with Gasteiger partial charge in [-0.05, 0) is 40.5 Å². The SMILES string of the molecule is Cc1c(Br)c(=O)n(C[C@H](N)c2ccccc2)c(=O)n1Cc1c(F)cccc1C(F)(F)F. The molecule has 0 amide bonds. The Kier molecular flexibility index (Phi) is 6.51. The Morgan fingerprint density at radius 2 is 1.68 bits per heavy atom. The van der Waals surface area contributed by atoms with E-state index in [9.17, 15) is 27.2 Å². The van der Waals surface area contributed by atoms with Gasteiger partial charge in [0.25, 0.3) is 5.56 Å². The largest absolute Gasteiger partial charge is 0.416 e. The highest BCUT2D eigenvalue weighted by Gasteiger charge is 2.35. The van der Waals surface area contributed by atoms with Gasteiger partial charge in [0, 0.05) is 17.3 Å². The third-order valence-electron chi connectivity index (χ3n) is 4.96. The molecule has 3 rings (SSSR count). The maximum atomic E-state index is 14.3. The minimum atomic E-state index is -4.81. The molecule has 0 radical (unpaired) electrons. The number of alkyl halides is 3. The Labute approximate surface area is 182 Å². The topological polar surface area (TPSA) is 70.0 Å². The summed E-state index contributed by atoms with van der Waals surface area (Å²) in [5, 5.41) is 0. The molecule has 0 unspecified atom stereocenters. The van der Waals surface area contributed by atoms with Crippen LogP contribution in [-0.2, 0) is 19.3 Å². The highest BCUT2D eigenvalue weighted by atomic mass is 79.9. The van der Waals surface area contributed by atoms with Gasteiger partial charge in [-0.15, -0.1) is 0 Å². The van der Waals surface area contributed by atoms with Crippen molar-refractivity contribution in [3.05, 3.63) is 102 Å². The number of nitrogens with two attached hydrogens (primary N) is 1. The van der Waals surface area contributed by atoms with Crippen molar-refractivity contribution in [3.63, 3.8) is 0 Å². The fourth-order valence-corrected chi connectivity index (χ4v) is 3.69. The Bertz CT molecular complexity index is 1220. The summed E-state index contributed by atoms with van der Waals surface area (Å²) in [5.74, 6) is -1.10. The zero-order valence-electron chi connectivity index (χ0n) is 16.3. The van der Waals surface area contributed by atoms with E-state index in [0.717, 1.165) is 27.3 Å². The van der Waals surface area contributed by atoms with Crippen LogP contribution in [0.15, 0.2) is 62.6 Å². The molecule has 1 heterocycles. The normalized spacial score (nSPS) is 12.7. The fraction of sp³-hybridized carbons (Fsp3) is 0.238. The number of halogens is 5. The number of benzene rings is 2. The molecule has 0 saturated heterocycles. The minimum absolute atomic E-state index is 0.0164. The fourth-order valence-electron chi connectivity index (χ4n) is 3.26. The summed E-state index contributed by atoms with van der Waals surface area (Å²) >= 11 is 3.10. The molecule has 2 aromatic carbocycles. The van der Waals surface area contributed by atoms with Crippen LogP contribution >= 0.6 is 15.9 Å². The summed E-state index contributed by atoms with van der Waals surface area (Å²) in [7, 11) is 0. The number of rotatable bonds is 5. The Morgan fingerprint density at radius 1 is 1.03 bits per heavy atom. The molecule has 0 bridgehead atoms. The van der Waals surface area contributed by atoms with E-state index in [2.05, 4.69) is 15.9 Å². The first-order valence-electron chi connectivity index (χ1n) is 9.17. The first-order valence-corrected chi connectivity index (χ1v) is 9.96. The summed E-state index contributed by atoms with van der Waals surface area (Å²) in [6, 6.07) is 10.6. The van der Waals surface area contributed by atoms with Crippen molar-refractivity contribution >= 4 is 15.9 Å². The van der Waals surface area contributed by atoms with Gasteiger partial charge in [-0.25, -0.2) is 9.18 Å². The predicted octanol–water partition coefficient (Wildman–Crippen LogP) is 3.99. The lowest BCUT2D eigenvalue weighted by molar-refractivity contribution is -0.138. The first kappa shape index (κ1) is 23.0. The van der Waals surface area contributed by atoms with E-state index in [1.807, 2.05) is 0 Å². The second kappa shape index (κ2) is 8.80. The molecule has 31 heavy (non-hydrogen) atoms. The molecule has 5 nitrogen and oxygen atoms in total. The molecule has 10 heteroatoms. The lowest BCUT2D eigenvalue weighted by Gasteiger charge is -2.20. The van der Waals surface area contributed by atoms with Crippen LogP contribution < -0.4 is 17.0 Å². The standard InChI is InChI=1S/C21H18BrF4N3O2/c1-12-18(22)19(30)29(11-17(27)13-6-3-2-4-7-13)20(31)28(12)10-14-15(21(24,25)26)8-5-9-16(14)23/h2-9,17H,10-11,27H2,1H3/t17-/m0/s1. The average molecular weight is 500 g/mol. The molecule has 0 fully saturated rings. The second-order valence-electron chi connectivity index (χ2n) is 6.96. The van der Waals surface area contributed by atoms with Crippen LogP contribution in [-0.4, -0.2) is 9.13 Å². The van der Waals surface area contributed by atoms with Crippen molar-refractivity contribution in [3.8, 4) is 0 Å². The molecular formula is C21H18BrF4N3O2. The maximum Gasteiger partial charge on any atom is 0.416 e. The Morgan fingerprint density at radius 3 is 2.29 bits per heavy atom. The van der Waals surface area contributed by atoms with Gasteiger partial charge in [0.05, 0.1) is 18.7 Å². The zero-order chi connectivity index (χ0) is 22.9. The van der Waals surface area contributed by atoms with Crippen molar-refractivity contribution in [1.29, 1.82) is 0 Å². The quantitative estimate of drug-likeness (QED) is 0.539. The maximum absolute atomic E-state index is 14.3. The van der Waals surface area contributed by atoms with E-state index >= 15 is 0 Å². The molecule has 164 valence electrons. The summed E-state index contributed by atoms with van der Waals surface area (Å²) in [6.07, 6.45) is -4.81. The van der Waals surface area contributed by atoms with Crippen molar-refractivity contribution in [1.82, 2.24) is 9.13 Å². The van der Waals surface area contributed by atoms with Crippen LogP contribution in [0, 0.1) is 12.7 Å². The molecule has 0 spiro atoms. The molecule has 0 saturated carbocycles. The monoisotopic (exact) mass is 499 g/mol. The van der Waals surface area contributed by atoms with Crippen LogP contribution in [0.2, 0.25) is 0 Å². The van der Waals surface area contributed by atoms with Crippen molar-refractivity contribution < 1.29 is 17.6 Å². The Hall–Kier alpha value is -2.72. The Balaban J connectivity index is 2.12. The van der Waals surface area contributed by atoms with Crippen molar-refractivity contribution in [2.45, 2.75) is 32.2 Å². The molecule has 1 aromatic heterocycles. The first-order chi connectivity index (χ1) is 14.5. The van der Waals surface area contributed by atoms with Gasteiger partial charge in [0.1, 0.15) is 10.3 Å². The summed E-state index contributed by atoms with van der Waals surface area (Å²) in [5.41, 5.74) is 3.45. The molecular weight excluding hydrogens is 482 g/mol. The van der Waals surface area contributed by atoms with Crippen LogP contribution in [0.25, 0.3) is 0 Å². The zero-order valence-corrected chi connectivity index (χ0v) is 17.9. The predicted molar refractivity (Wildman–Crippen MR) is 111 cm³/mol. The van der Waals surface area contributed by atoms with Crippen molar-refractivity contribution in [2.75, 3.05) is 0 Å². The molecule has 0 aliphatic carbocycles. The van der Waals surface area contributed by atoms with Crippen LogP contribution in [0.1, 0.15) is 28.4 Å². The molecule has 3 aromatic rings. The average Bonchev–Trinajstić information content (AvgIpc) is 2.73. The summed E-state index contributed by atoms with van der Waals surface area (Å²) < 4.78 is 56.2. The smallest absolute Gasteiger partial charge is 0.322 e. The van der Waals surface area contributed by atoms with Crippen LogP contribution in [0.4, 0.5) is 17.6 Å². The van der Waals surface area contributed by atoms with E-state index < -0.39 is 47.0 Å². The summed E-state index contributed by atoms with van der Waals surface area (Å²) in [6.45, 7) is 0.484. The van der Waals surface area contributed by atoms with Gasteiger partial charge in [0.15, 0.2) is 0 Å². The third kappa shape index (κ3) is 4.64. The lowest BCUT2D eigenvalue weighted by atomic mass is 10.1. The molecule has 0 aliphatic rings.